The lowest BCUT2D eigenvalue weighted by Crippen LogP contribution is -2.50. The van der Waals surface area contributed by atoms with Crippen molar-refractivity contribution >= 4 is 11.9 Å². The van der Waals surface area contributed by atoms with Gasteiger partial charge in [-0.3, -0.25) is 9.78 Å². The molecule has 30 heavy (non-hydrogen) atoms. The molecular weight excluding hydrogens is 374 g/mol. The van der Waals surface area contributed by atoms with E-state index in [-0.39, 0.29) is 11.3 Å². The van der Waals surface area contributed by atoms with Gasteiger partial charge in [0, 0.05) is 51.0 Å². The highest BCUT2D eigenvalue weighted by Gasteiger charge is 2.46. The second-order valence-corrected chi connectivity index (χ2v) is 8.28. The van der Waals surface area contributed by atoms with E-state index in [4.69, 9.17) is 0 Å². The summed E-state index contributed by atoms with van der Waals surface area (Å²) in [6.45, 7) is 2.86. The Hall–Kier alpha value is -3.28. The van der Waals surface area contributed by atoms with Crippen molar-refractivity contribution in [3.8, 4) is 0 Å². The van der Waals surface area contributed by atoms with Gasteiger partial charge >= 0.3 is 0 Å². The van der Waals surface area contributed by atoms with Crippen LogP contribution in [0.5, 0.6) is 0 Å². The van der Waals surface area contributed by atoms with Crippen LogP contribution in [0.4, 0.5) is 5.95 Å². The van der Waals surface area contributed by atoms with Gasteiger partial charge in [0.2, 0.25) is 11.9 Å². The Morgan fingerprint density at radius 3 is 2.30 bits per heavy atom. The maximum Gasteiger partial charge on any atom is 0.229 e. The number of pyridine rings is 1. The minimum atomic E-state index is -0.370. The largest absolute Gasteiger partial charge is 0.341 e. The topological polar surface area (TPSA) is 62.2 Å². The SMILES string of the molecule is O=C1N(Cc2ccncc2)Cc2ccccc2CC12CCN(c1ncccn1)CC2. The monoisotopic (exact) mass is 399 g/mol. The molecule has 2 aliphatic rings. The molecule has 2 aromatic heterocycles. The molecule has 0 unspecified atom stereocenters. The number of benzene rings is 1. The Bertz CT molecular complexity index is 1020. The van der Waals surface area contributed by atoms with Crippen molar-refractivity contribution in [1.82, 2.24) is 19.9 Å². The van der Waals surface area contributed by atoms with Crippen molar-refractivity contribution in [1.29, 1.82) is 0 Å². The molecule has 6 heteroatoms. The Balaban J connectivity index is 1.44. The predicted molar refractivity (Wildman–Crippen MR) is 115 cm³/mol. The zero-order valence-corrected chi connectivity index (χ0v) is 16.9. The second kappa shape index (κ2) is 7.86. The minimum Gasteiger partial charge on any atom is -0.341 e. The molecule has 0 bridgehead atoms. The van der Waals surface area contributed by atoms with E-state index < -0.39 is 0 Å². The Morgan fingerprint density at radius 2 is 1.57 bits per heavy atom. The molecular formula is C24H25N5O. The number of fused-ring (bicyclic) bond motifs is 1. The van der Waals surface area contributed by atoms with E-state index in [0.29, 0.717) is 13.1 Å². The summed E-state index contributed by atoms with van der Waals surface area (Å²) in [4.78, 5) is 31.0. The van der Waals surface area contributed by atoms with Gasteiger partial charge in [-0.15, -0.1) is 0 Å². The van der Waals surface area contributed by atoms with Crippen molar-refractivity contribution in [2.75, 3.05) is 18.0 Å². The quantitative estimate of drug-likeness (QED) is 0.677. The van der Waals surface area contributed by atoms with Crippen LogP contribution in [0.15, 0.2) is 67.3 Å². The highest BCUT2D eigenvalue weighted by atomic mass is 16.2. The molecule has 1 saturated heterocycles. The van der Waals surface area contributed by atoms with Gasteiger partial charge in [-0.1, -0.05) is 24.3 Å². The summed E-state index contributed by atoms with van der Waals surface area (Å²) in [6, 6.07) is 14.3. The van der Waals surface area contributed by atoms with Gasteiger partial charge in [0.1, 0.15) is 0 Å². The molecule has 1 amide bonds. The van der Waals surface area contributed by atoms with Crippen LogP contribution in [-0.4, -0.2) is 38.8 Å². The number of aromatic nitrogens is 3. The van der Waals surface area contributed by atoms with Crippen LogP contribution >= 0.6 is 0 Å². The smallest absolute Gasteiger partial charge is 0.229 e. The van der Waals surface area contributed by atoms with Crippen LogP contribution < -0.4 is 4.90 Å². The van der Waals surface area contributed by atoms with E-state index in [1.165, 1.54) is 11.1 Å². The van der Waals surface area contributed by atoms with Gasteiger partial charge in [0.05, 0.1) is 5.41 Å². The third-order valence-electron chi connectivity index (χ3n) is 6.43. The molecule has 0 atom stereocenters. The van der Waals surface area contributed by atoms with Crippen LogP contribution in [0.25, 0.3) is 0 Å². The lowest BCUT2D eigenvalue weighted by Gasteiger charge is -2.42. The minimum absolute atomic E-state index is 0.268. The fraction of sp³-hybridized carbons (Fsp3) is 0.333. The number of carbonyl (C=O) groups is 1. The Kier molecular flexibility index (Phi) is 4.91. The Labute approximate surface area is 176 Å². The van der Waals surface area contributed by atoms with Crippen molar-refractivity contribution in [2.24, 2.45) is 5.41 Å². The van der Waals surface area contributed by atoms with Crippen molar-refractivity contribution in [3.05, 3.63) is 83.9 Å². The molecule has 0 saturated carbocycles. The zero-order valence-electron chi connectivity index (χ0n) is 16.9. The number of amides is 1. The molecule has 0 aliphatic carbocycles. The number of carbonyl (C=O) groups excluding carboxylic acids is 1. The Morgan fingerprint density at radius 1 is 0.867 bits per heavy atom. The van der Waals surface area contributed by atoms with Gasteiger partial charge in [-0.2, -0.15) is 0 Å². The van der Waals surface area contributed by atoms with E-state index in [1.54, 1.807) is 24.8 Å². The van der Waals surface area contributed by atoms with Gasteiger partial charge < -0.3 is 9.80 Å². The fourth-order valence-electron chi connectivity index (χ4n) is 4.75. The maximum absolute atomic E-state index is 13.9. The van der Waals surface area contributed by atoms with E-state index in [1.807, 2.05) is 23.1 Å². The molecule has 1 aromatic carbocycles. The predicted octanol–water partition coefficient (Wildman–Crippen LogP) is 3.24. The van der Waals surface area contributed by atoms with Crippen LogP contribution in [0.2, 0.25) is 0 Å². The van der Waals surface area contributed by atoms with Gasteiger partial charge in [-0.05, 0) is 54.2 Å². The van der Waals surface area contributed by atoms with Gasteiger partial charge in [-0.25, -0.2) is 9.97 Å². The second-order valence-electron chi connectivity index (χ2n) is 8.28. The molecule has 4 heterocycles. The number of piperidine rings is 1. The van der Waals surface area contributed by atoms with Crippen LogP contribution in [0.1, 0.15) is 29.5 Å². The van der Waals surface area contributed by atoms with Gasteiger partial charge in [0.15, 0.2) is 0 Å². The number of rotatable bonds is 3. The molecule has 3 aromatic rings. The van der Waals surface area contributed by atoms with E-state index in [0.717, 1.165) is 43.9 Å². The summed E-state index contributed by atoms with van der Waals surface area (Å²) in [6.07, 6.45) is 9.56. The standard InChI is InChI=1S/C24H25N5O/c30-22-24(8-14-28(15-9-24)23-26-10-3-11-27-23)16-20-4-1-2-5-21(20)18-29(22)17-19-6-12-25-13-7-19/h1-7,10-13H,8-9,14-18H2. The first kappa shape index (κ1) is 18.7. The summed E-state index contributed by atoms with van der Waals surface area (Å²) in [7, 11) is 0. The average Bonchev–Trinajstić information content (AvgIpc) is 2.91. The van der Waals surface area contributed by atoms with E-state index in [9.17, 15) is 4.79 Å². The number of hydrogen-bond donors (Lipinski definition) is 0. The van der Waals surface area contributed by atoms with Crippen molar-refractivity contribution in [2.45, 2.75) is 32.4 Å². The third kappa shape index (κ3) is 3.54. The van der Waals surface area contributed by atoms with Crippen molar-refractivity contribution in [3.63, 3.8) is 0 Å². The molecule has 6 nitrogen and oxygen atoms in total. The molecule has 1 spiro atoms. The molecule has 0 N–H and O–H groups in total. The maximum atomic E-state index is 13.9. The van der Waals surface area contributed by atoms with Crippen LogP contribution in [0.3, 0.4) is 0 Å². The van der Waals surface area contributed by atoms with Crippen LogP contribution in [0, 0.1) is 5.41 Å². The van der Waals surface area contributed by atoms with Gasteiger partial charge in [0.25, 0.3) is 0 Å². The molecule has 0 radical (unpaired) electrons. The molecule has 152 valence electrons. The molecule has 2 aliphatic heterocycles. The van der Waals surface area contributed by atoms with E-state index in [2.05, 4.69) is 44.1 Å². The first-order valence-corrected chi connectivity index (χ1v) is 10.5. The molecule has 1 fully saturated rings. The third-order valence-corrected chi connectivity index (χ3v) is 6.43. The number of anilines is 1. The normalized spacial score (nSPS) is 18.2. The van der Waals surface area contributed by atoms with Crippen molar-refractivity contribution < 1.29 is 4.79 Å². The van der Waals surface area contributed by atoms with E-state index >= 15 is 0 Å². The van der Waals surface area contributed by atoms with Crippen LogP contribution in [-0.2, 0) is 24.3 Å². The zero-order chi connectivity index (χ0) is 20.4. The first-order chi connectivity index (χ1) is 14.7. The first-order valence-electron chi connectivity index (χ1n) is 10.5. The number of hydrogen-bond acceptors (Lipinski definition) is 5. The highest BCUT2D eigenvalue weighted by molar-refractivity contribution is 5.84. The fourth-order valence-corrected chi connectivity index (χ4v) is 4.75. The number of nitrogens with zero attached hydrogens (tertiary/aromatic N) is 5. The summed E-state index contributed by atoms with van der Waals surface area (Å²) in [5.41, 5.74) is 3.30. The summed E-state index contributed by atoms with van der Waals surface area (Å²) in [5, 5.41) is 0. The summed E-state index contributed by atoms with van der Waals surface area (Å²) >= 11 is 0. The highest BCUT2D eigenvalue weighted by Crippen LogP contribution is 2.41. The summed E-state index contributed by atoms with van der Waals surface area (Å²) in [5.74, 6) is 1.02. The lowest BCUT2D eigenvalue weighted by atomic mass is 9.73. The average molecular weight is 399 g/mol. The summed E-state index contributed by atoms with van der Waals surface area (Å²) < 4.78 is 0. The lowest BCUT2D eigenvalue weighted by molar-refractivity contribution is -0.144. The molecule has 5 rings (SSSR count).